The third-order valence-corrected chi connectivity index (χ3v) is 16.0. The monoisotopic (exact) mass is 743 g/mol. The summed E-state index contributed by atoms with van der Waals surface area (Å²) in [6.07, 6.45) is 14.1. The zero-order valence-electron chi connectivity index (χ0n) is 30.5. The molecule has 0 bridgehead atoms. The molecule has 2 fully saturated rings. The smallest absolute Gasteiger partial charge is 0.336 e. The molecule has 5 heterocycles. The minimum Gasteiger partial charge on any atom is -0.481 e. The van der Waals surface area contributed by atoms with Gasteiger partial charge in [-0.1, -0.05) is 65.5 Å². The molecule has 1 aromatic heterocycles. The van der Waals surface area contributed by atoms with Crippen LogP contribution < -0.4 is 21.4 Å². The Bertz CT molecular complexity index is 2010. The van der Waals surface area contributed by atoms with Crippen molar-refractivity contribution in [2.75, 3.05) is 18.8 Å². The van der Waals surface area contributed by atoms with E-state index in [4.69, 9.17) is 19.6 Å². The lowest BCUT2D eigenvalue weighted by Gasteiger charge is -2.58. The summed E-state index contributed by atoms with van der Waals surface area (Å²) in [5.41, 5.74) is 8.97. The predicted molar refractivity (Wildman–Crippen MR) is 207 cm³/mol. The molecular formula is C41H49N3O6S2. The highest BCUT2D eigenvalue weighted by atomic mass is 33.1. The summed E-state index contributed by atoms with van der Waals surface area (Å²) < 4.78 is 19.5. The fourth-order valence-electron chi connectivity index (χ4n) is 9.76. The lowest BCUT2D eigenvalue weighted by atomic mass is 9.61. The molecule has 1 aromatic carbocycles. The van der Waals surface area contributed by atoms with Crippen molar-refractivity contribution in [3.05, 3.63) is 86.6 Å². The van der Waals surface area contributed by atoms with E-state index in [0.29, 0.717) is 48.0 Å². The fourth-order valence-corrected chi connectivity index (χ4v) is 13.4. The molecule has 52 heavy (non-hydrogen) atoms. The van der Waals surface area contributed by atoms with Crippen molar-refractivity contribution in [3.63, 3.8) is 0 Å². The van der Waals surface area contributed by atoms with E-state index in [1.54, 1.807) is 25.1 Å². The van der Waals surface area contributed by atoms with Crippen LogP contribution in [0.3, 0.4) is 0 Å². The van der Waals surface area contributed by atoms with Crippen molar-refractivity contribution >= 4 is 44.4 Å². The number of carbonyl (C=O) groups is 2. The average Bonchev–Trinajstić information content (AvgIpc) is 3.48. The molecule has 2 aromatic rings. The molecule has 276 valence electrons. The molecule has 4 aliphatic heterocycles. The highest BCUT2D eigenvalue weighted by molar-refractivity contribution is 8.77. The number of esters is 1. The van der Waals surface area contributed by atoms with Crippen molar-refractivity contribution in [2.45, 2.75) is 107 Å². The van der Waals surface area contributed by atoms with Gasteiger partial charge in [0.05, 0.1) is 24.2 Å². The van der Waals surface area contributed by atoms with Crippen LogP contribution in [0.5, 0.6) is 5.75 Å². The summed E-state index contributed by atoms with van der Waals surface area (Å²) in [5.74, 6) is 1.77. The summed E-state index contributed by atoms with van der Waals surface area (Å²) in [4.78, 5) is 42.7. The number of nitrogens with zero attached hydrogens (tertiary/aromatic N) is 1. The van der Waals surface area contributed by atoms with Gasteiger partial charge >= 0.3 is 11.6 Å². The summed E-state index contributed by atoms with van der Waals surface area (Å²) in [6, 6.07) is 7.26. The quantitative estimate of drug-likeness (QED) is 0.111. The van der Waals surface area contributed by atoms with Crippen molar-refractivity contribution in [3.8, 4) is 5.75 Å². The van der Waals surface area contributed by atoms with Crippen LogP contribution in [-0.2, 0) is 20.7 Å². The van der Waals surface area contributed by atoms with Gasteiger partial charge in [0.15, 0.2) is 11.2 Å². The van der Waals surface area contributed by atoms with Crippen LogP contribution in [0.25, 0.3) is 11.0 Å². The maximum atomic E-state index is 14.5. The molecule has 0 unspecified atom stereocenters. The van der Waals surface area contributed by atoms with E-state index >= 15 is 0 Å². The Balaban J connectivity index is 1.30. The van der Waals surface area contributed by atoms with E-state index in [0.717, 1.165) is 53.7 Å². The number of allylic oxidation sites excluding steroid dienone is 2. The molecule has 1 saturated carbocycles. The first-order valence-electron chi connectivity index (χ1n) is 18.8. The third kappa shape index (κ3) is 5.72. The van der Waals surface area contributed by atoms with Gasteiger partial charge in [-0.15, -0.1) is 0 Å². The Hall–Kier alpha value is -3.57. The molecule has 9 nitrogen and oxygen atoms in total. The lowest BCUT2D eigenvalue weighted by Crippen LogP contribution is -2.67. The zero-order chi connectivity index (χ0) is 36.4. The maximum Gasteiger partial charge on any atom is 0.336 e. The number of fused-ring (bicyclic) bond motifs is 7. The third-order valence-electron chi connectivity index (χ3n) is 12.8. The molecule has 2 aliphatic carbocycles. The highest BCUT2D eigenvalue weighted by Crippen LogP contribution is 2.60. The number of amides is 1. The summed E-state index contributed by atoms with van der Waals surface area (Å²) in [7, 11) is 3.91. The van der Waals surface area contributed by atoms with Crippen LogP contribution in [0.15, 0.2) is 79.8 Å². The maximum absolute atomic E-state index is 14.5. The van der Waals surface area contributed by atoms with Crippen molar-refractivity contribution < 1.29 is 23.5 Å². The van der Waals surface area contributed by atoms with Crippen molar-refractivity contribution in [1.29, 1.82) is 0 Å². The zero-order valence-corrected chi connectivity index (χ0v) is 32.2. The van der Waals surface area contributed by atoms with E-state index in [-0.39, 0.29) is 29.0 Å². The Kier molecular flexibility index (Phi) is 9.12. The normalized spacial score (nSPS) is 31.5. The number of dihydropyridines is 1. The molecule has 1 saturated heterocycles. The highest BCUT2D eigenvalue weighted by Gasteiger charge is 2.64. The van der Waals surface area contributed by atoms with Crippen LogP contribution in [-0.4, -0.2) is 57.6 Å². The van der Waals surface area contributed by atoms with Crippen LogP contribution >= 0.6 is 21.6 Å². The Morgan fingerprint density at radius 2 is 2.00 bits per heavy atom. The van der Waals surface area contributed by atoms with Crippen LogP contribution in [0, 0.1) is 11.8 Å². The predicted octanol–water partition coefficient (Wildman–Crippen LogP) is 7.11. The molecule has 0 radical (unpaired) electrons. The molecule has 8 rings (SSSR count). The SMILES string of the molecule is C/C=C(\C)C(=O)O[C@]1(C)CC=C2CSSC3(CCCCC3)[C@@H]3[C@@H](CC)CN3C(=O)CC3=C(C=C(N)NC3)[C@@H]2[C@]12Cc1cc3ccc(=O)oc3cc1O2. The molecule has 3 N–H and O–H groups in total. The number of nitrogens with two attached hydrogens (primary N) is 1. The second kappa shape index (κ2) is 13.4. The van der Waals surface area contributed by atoms with Gasteiger partial charge in [0, 0.05) is 59.5 Å². The number of ether oxygens (including phenoxy) is 2. The first-order valence-corrected chi connectivity index (χ1v) is 21.2. The van der Waals surface area contributed by atoms with Gasteiger partial charge in [-0.05, 0) is 80.9 Å². The Morgan fingerprint density at radius 3 is 2.77 bits per heavy atom. The second-order valence-corrected chi connectivity index (χ2v) is 18.5. The molecule has 6 aliphatic rings. The Morgan fingerprint density at radius 1 is 1.19 bits per heavy atom. The van der Waals surface area contributed by atoms with Gasteiger partial charge in [-0.25, -0.2) is 9.59 Å². The lowest BCUT2D eigenvalue weighted by molar-refractivity contribution is -0.186. The van der Waals surface area contributed by atoms with Crippen LogP contribution in [0.2, 0.25) is 0 Å². The molecule has 1 amide bonds. The van der Waals surface area contributed by atoms with E-state index in [1.807, 2.05) is 47.6 Å². The van der Waals surface area contributed by atoms with Gasteiger partial charge in [0.2, 0.25) is 5.91 Å². The second-order valence-electron chi connectivity index (χ2n) is 15.7. The minimum absolute atomic E-state index is 0.0175. The topological polar surface area (TPSA) is 124 Å². The first kappa shape index (κ1) is 35.5. The number of hydrogen-bond donors (Lipinski definition) is 2. The molecular weight excluding hydrogens is 695 g/mol. The van der Waals surface area contributed by atoms with Gasteiger partial charge in [0.1, 0.15) is 11.3 Å². The van der Waals surface area contributed by atoms with E-state index in [9.17, 15) is 14.4 Å². The Labute approximate surface area is 313 Å². The first-order chi connectivity index (χ1) is 25.0. The minimum atomic E-state index is -1.11. The fraction of sp³-hybridized carbons (Fsp3) is 0.537. The molecule has 5 atom stereocenters. The number of rotatable bonds is 3. The van der Waals surface area contributed by atoms with Gasteiger partial charge < -0.3 is 29.8 Å². The average molecular weight is 744 g/mol. The van der Waals surface area contributed by atoms with E-state index in [1.165, 1.54) is 30.9 Å². The van der Waals surface area contributed by atoms with Crippen LogP contribution in [0.1, 0.15) is 84.6 Å². The largest absolute Gasteiger partial charge is 0.481 e. The number of carbonyl (C=O) groups excluding carboxylic acids is 2. The van der Waals surface area contributed by atoms with Gasteiger partial charge in [-0.3, -0.25) is 4.79 Å². The summed E-state index contributed by atoms with van der Waals surface area (Å²) in [5, 5.41) is 4.13. The van der Waals surface area contributed by atoms with Crippen molar-refractivity contribution in [1.82, 2.24) is 10.2 Å². The number of hydrogen-bond acceptors (Lipinski definition) is 10. The standard InChI is InChI=1S/C41H49N3O6S2/c1-5-24(3)38(47)50-39(4)15-12-27-23-51-52-40(13-8-7-9-14-40)37-25(6-2)22-44(37)34(45)17-29-21-43-33(42)18-30(29)36(27)41(39)20-28-16-26-10-11-35(46)48-31(26)19-32(28)49-41/h5,10-12,16,18-19,25,36-37,43H,6-9,13-15,17,20-23,42H2,1-4H3/b24-5+/t25-,36+,37-,39+,41+/m0/s1. The van der Waals surface area contributed by atoms with Gasteiger partial charge in [0.25, 0.3) is 0 Å². The number of benzene rings is 1. The summed E-state index contributed by atoms with van der Waals surface area (Å²) >= 11 is 0. The van der Waals surface area contributed by atoms with E-state index < -0.39 is 22.8 Å². The molecule has 2 spiro atoms. The molecule has 11 heteroatoms. The van der Waals surface area contributed by atoms with Crippen molar-refractivity contribution in [2.24, 2.45) is 17.6 Å². The summed E-state index contributed by atoms with van der Waals surface area (Å²) in [6.45, 7) is 9.10. The van der Waals surface area contributed by atoms with E-state index in [2.05, 4.69) is 23.2 Å². The number of nitrogens with one attached hydrogen (secondary N) is 1. The van der Waals surface area contributed by atoms with Crippen LogP contribution in [0.4, 0.5) is 0 Å². The van der Waals surface area contributed by atoms with Gasteiger partial charge in [-0.2, -0.15) is 0 Å².